The van der Waals surface area contributed by atoms with Crippen LogP contribution in [0.2, 0.25) is 0 Å². The Kier molecular flexibility index (Phi) is 5.30. The molecule has 1 heterocycles. The minimum Gasteiger partial charge on any atom is -0.376 e. The number of carbonyl (C=O) groups is 2. The smallest absolute Gasteiger partial charge is 0.329 e. The average Bonchev–Trinajstić information content (AvgIpc) is 3.25. The summed E-state index contributed by atoms with van der Waals surface area (Å²) in [6.07, 6.45) is 3.46. The molecule has 1 atom stereocenters. The first-order valence-electron chi connectivity index (χ1n) is 9.36. The molecule has 2 amide bonds. The van der Waals surface area contributed by atoms with Gasteiger partial charge in [-0.05, 0) is 40.5 Å². The third kappa shape index (κ3) is 3.87. The van der Waals surface area contributed by atoms with Crippen LogP contribution in [0.25, 0.3) is 21.5 Å². The third-order valence-corrected chi connectivity index (χ3v) is 4.89. The number of nitrogens with one attached hydrogen (secondary N) is 2. The topological polar surface area (TPSA) is 79.8 Å². The molecule has 3 aromatic rings. The summed E-state index contributed by atoms with van der Waals surface area (Å²) in [5, 5.41) is 10.8. The van der Waals surface area contributed by atoms with E-state index in [-0.39, 0.29) is 6.10 Å². The fourth-order valence-electron chi connectivity index (χ4n) is 3.49. The summed E-state index contributed by atoms with van der Waals surface area (Å²) >= 11 is 0. The molecule has 0 aliphatic carbocycles. The number of fused-ring (bicyclic) bond motifs is 2. The standard InChI is InChI=1S/C22H21N3O3/c26-21(23-13-17-8-5-11-28-17)22(27)25-24-14-20-18-9-3-1-6-15(18)12-16-7-2-4-10-19(16)20/h1-4,6-7,9-10,12,14,17H,5,8,11,13H2,(H,23,26)(H,25,27)/b24-14+. The van der Waals surface area contributed by atoms with E-state index in [0.29, 0.717) is 13.2 Å². The molecule has 0 saturated carbocycles. The second-order valence-corrected chi connectivity index (χ2v) is 6.78. The van der Waals surface area contributed by atoms with E-state index in [1.165, 1.54) is 0 Å². The Bertz CT molecular complexity index is 1000. The van der Waals surface area contributed by atoms with Crippen LogP contribution in [0.4, 0.5) is 0 Å². The van der Waals surface area contributed by atoms with Gasteiger partial charge >= 0.3 is 11.8 Å². The third-order valence-electron chi connectivity index (χ3n) is 4.89. The largest absolute Gasteiger partial charge is 0.376 e. The van der Waals surface area contributed by atoms with Gasteiger partial charge in [0.25, 0.3) is 0 Å². The predicted octanol–water partition coefficient (Wildman–Crippen LogP) is 2.74. The van der Waals surface area contributed by atoms with Crippen LogP contribution < -0.4 is 10.7 Å². The first kappa shape index (κ1) is 18.1. The zero-order chi connectivity index (χ0) is 19.3. The monoisotopic (exact) mass is 375 g/mol. The lowest BCUT2D eigenvalue weighted by Crippen LogP contribution is -2.41. The van der Waals surface area contributed by atoms with E-state index >= 15 is 0 Å². The van der Waals surface area contributed by atoms with Crippen LogP contribution in [0.15, 0.2) is 59.7 Å². The molecule has 1 saturated heterocycles. The Morgan fingerprint density at radius 2 is 1.71 bits per heavy atom. The fraction of sp³-hybridized carbons (Fsp3) is 0.227. The van der Waals surface area contributed by atoms with Gasteiger partial charge in [0.2, 0.25) is 0 Å². The van der Waals surface area contributed by atoms with Gasteiger partial charge in [0, 0.05) is 18.7 Å². The summed E-state index contributed by atoms with van der Waals surface area (Å²) in [6.45, 7) is 1.04. The number of amides is 2. The number of carbonyl (C=O) groups excluding carboxylic acids is 2. The number of hydrogen-bond acceptors (Lipinski definition) is 4. The normalized spacial score (nSPS) is 16.6. The Morgan fingerprint density at radius 3 is 2.36 bits per heavy atom. The van der Waals surface area contributed by atoms with Gasteiger partial charge in [0.1, 0.15) is 0 Å². The number of hydrazone groups is 1. The maximum Gasteiger partial charge on any atom is 0.329 e. The van der Waals surface area contributed by atoms with Crippen molar-refractivity contribution in [3.05, 3.63) is 60.2 Å². The molecule has 1 unspecified atom stereocenters. The van der Waals surface area contributed by atoms with Crippen molar-refractivity contribution in [3.8, 4) is 0 Å². The van der Waals surface area contributed by atoms with Crippen molar-refractivity contribution in [3.63, 3.8) is 0 Å². The highest BCUT2D eigenvalue weighted by Crippen LogP contribution is 2.27. The van der Waals surface area contributed by atoms with E-state index in [1.807, 2.05) is 48.5 Å². The number of hydrogen-bond donors (Lipinski definition) is 2. The predicted molar refractivity (Wildman–Crippen MR) is 109 cm³/mol. The van der Waals surface area contributed by atoms with Gasteiger partial charge in [-0.25, -0.2) is 5.43 Å². The van der Waals surface area contributed by atoms with E-state index in [1.54, 1.807) is 6.21 Å². The number of benzene rings is 3. The van der Waals surface area contributed by atoms with Gasteiger partial charge in [0.05, 0.1) is 12.3 Å². The Morgan fingerprint density at radius 1 is 1.04 bits per heavy atom. The summed E-state index contributed by atoms with van der Waals surface area (Å²) in [5.41, 5.74) is 3.21. The first-order chi connectivity index (χ1) is 13.7. The molecule has 0 spiro atoms. The minimum absolute atomic E-state index is 0.0118. The van der Waals surface area contributed by atoms with Gasteiger partial charge < -0.3 is 10.1 Å². The molecule has 2 N–H and O–H groups in total. The van der Waals surface area contributed by atoms with Crippen molar-refractivity contribution in [1.29, 1.82) is 0 Å². The van der Waals surface area contributed by atoms with Crippen molar-refractivity contribution in [2.45, 2.75) is 18.9 Å². The molecule has 142 valence electrons. The fourth-order valence-corrected chi connectivity index (χ4v) is 3.49. The molecule has 28 heavy (non-hydrogen) atoms. The van der Waals surface area contributed by atoms with Gasteiger partial charge in [-0.2, -0.15) is 5.10 Å². The maximum absolute atomic E-state index is 12.0. The Balaban J connectivity index is 1.49. The summed E-state index contributed by atoms with van der Waals surface area (Å²) in [5.74, 6) is -1.51. The average molecular weight is 375 g/mol. The van der Waals surface area contributed by atoms with E-state index in [4.69, 9.17) is 4.74 Å². The van der Waals surface area contributed by atoms with Crippen LogP contribution in [-0.2, 0) is 14.3 Å². The number of ether oxygens (including phenoxy) is 1. The molecule has 0 aromatic heterocycles. The highest BCUT2D eigenvalue weighted by molar-refractivity contribution is 6.35. The second kappa shape index (κ2) is 8.19. The quantitative estimate of drug-likeness (QED) is 0.318. The molecule has 1 aliphatic rings. The van der Waals surface area contributed by atoms with Crippen molar-refractivity contribution in [2.24, 2.45) is 5.10 Å². The molecule has 0 radical (unpaired) electrons. The highest BCUT2D eigenvalue weighted by atomic mass is 16.5. The molecular weight excluding hydrogens is 354 g/mol. The lowest BCUT2D eigenvalue weighted by atomic mass is 9.97. The van der Waals surface area contributed by atoms with Crippen LogP contribution in [0.5, 0.6) is 0 Å². The maximum atomic E-state index is 12.0. The van der Waals surface area contributed by atoms with E-state index in [9.17, 15) is 9.59 Å². The molecular formula is C22H21N3O3. The van der Waals surface area contributed by atoms with E-state index in [2.05, 4.69) is 21.9 Å². The molecule has 1 fully saturated rings. The Hall–Kier alpha value is -3.25. The summed E-state index contributed by atoms with van der Waals surface area (Å²) in [6, 6.07) is 18.1. The van der Waals surface area contributed by atoms with Gasteiger partial charge in [-0.3, -0.25) is 9.59 Å². The van der Waals surface area contributed by atoms with Gasteiger partial charge in [0.15, 0.2) is 0 Å². The van der Waals surface area contributed by atoms with Crippen molar-refractivity contribution >= 4 is 39.6 Å². The lowest BCUT2D eigenvalue weighted by molar-refractivity contribution is -0.139. The zero-order valence-corrected chi connectivity index (χ0v) is 15.4. The van der Waals surface area contributed by atoms with Gasteiger partial charge in [-0.1, -0.05) is 48.5 Å². The molecule has 6 nitrogen and oxygen atoms in total. The number of rotatable bonds is 4. The van der Waals surface area contributed by atoms with Crippen LogP contribution >= 0.6 is 0 Å². The van der Waals surface area contributed by atoms with E-state index in [0.717, 1.165) is 39.9 Å². The molecule has 3 aromatic carbocycles. The summed E-state index contributed by atoms with van der Waals surface area (Å²) < 4.78 is 5.43. The van der Waals surface area contributed by atoms with Crippen molar-refractivity contribution in [2.75, 3.05) is 13.2 Å². The lowest BCUT2D eigenvalue weighted by Gasteiger charge is -2.10. The summed E-state index contributed by atoms with van der Waals surface area (Å²) in [4.78, 5) is 23.9. The second-order valence-electron chi connectivity index (χ2n) is 6.78. The summed E-state index contributed by atoms with van der Waals surface area (Å²) in [7, 11) is 0. The molecule has 0 bridgehead atoms. The molecule has 6 heteroatoms. The SMILES string of the molecule is O=C(NCC1CCCO1)C(=O)N/N=C/c1c2ccccc2cc2ccccc12. The van der Waals surface area contributed by atoms with E-state index < -0.39 is 11.8 Å². The van der Waals surface area contributed by atoms with Crippen LogP contribution in [-0.4, -0.2) is 37.3 Å². The van der Waals surface area contributed by atoms with Crippen LogP contribution in [0, 0.1) is 0 Å². The first-order valence-corrected chi connectivity index (χ1v) is 9.36. The molecule has 1 aliphatic heterocycles. The van der Waals surface area contributed by atoms with Crippen molar-refractivity contribution in [1.82, 2.24) is 10.7 Å². The molecule has 4 rings (SSSR count). The van der Waals surface area contributed by atoms with Crippen LogP contribution in [0.3, 0.4) is 0 Å². The van der Waals surface area contributed by atoms with Gasteiger partial charge in [-0.15, -0.1) is 0 Å². The highest BCUT2D eigenvalue weighted by Gasteiger charge is 2.19. The number of nitrogens with zero attached hydrogens (tertiary/aromatic N) is 1. The van der Waals surface area contributed by atoms with Crippen LogP contribution in [0.1, 0.15) is 18.4 Å². The zero-order valence-electron chi connectivity index (χ0n) is 15.4. The minimum atomic E-state index is -0.793. The van der Waals surface area contributed by atoms with Crippen molar-refractivity contribution < 1.29 is 14.3 Å². The Labute approximate surface area is 162 Å².